The quantitative estimate of drug-likeness (QED) is 0.275. The van der Waals surface area contributed by atoms with Gasteiger partial charge in [-0.3, -0.25) is 14.1 Å². The zero-order valence-corrected chi connectivity index (χ0v) is 13.9. The number of carboxylic acids is 2. The summed E-state index contributed by atoms with van der Waals surface area (Å²) in [5.41, 5.74) is 0. The van der Waals surface area contributed by atoms with Crippen LogP contribution in [0.1, 0.15) is 65.2 Å². The number of rotatable bonds is 12. The molecule has 0 bridgehead atoms. The Morgan fingerprint density at radius 3 is 1.83 bits per heavy atom. The Morgan fingerprint density at radius 1 is 1.00 bits per heavy atom. The van der Waals surface area contributed by atoms with Gasteiger partial charge in [-0.2, -0.15) is 8.42 Å². The van der Waals surface area contributed by atoms with Crippen LogP contribution in [0.3, 0.4) is 0 Å². The SMILES string of the molecule is CCCCCC(C(=O)O)C(CCCCC)(C(=O)O)S(=O)(=O)O.[NaH]. The van der Waals surface area contributed by atoms with Crippen LogP contribution in [0.15, 0.2) is 0 Å². The molecular weight excluding hydrogens is 335 g/mol. The Morgan fingerprint density at radius 2 is 1.48 bits per heavy atom. The van der Waals surface area contributed by atoms with Crippen molar-refractivity contribution < 1.29 is 32.8 Å². The molecule has 3 N–H and O–H groups in total. The molecule has 0 aromatic carbocycles. The normalized spacial score (nSPS) is 15.3. The fourth-order valence-corrected chi connectivity index (χ4v) is 3.84. The molecule has 0 radical (unpaired) electrons. The predicted molar refractivity (Wildman–Crippen MR) is 88.5 cm³/mol. The third-order valence-corrected chi connectivity index (χ3v) is 5.52. The molecule has 0 aliphatic heterocycles. The molecule has 0 aliphatic carbocycles. The van der Waals surface area contributed by atoms with E-state index >= 15 is 0 Å². The van der Waals surface area contributed by atoms with Crippen molar-refractivity contribution in [1.82, 2.24) is 0 Å². The zero-order valence-electron chi connectivity index (χ0n) is 13.1. The Kier molecular flexibility index (Phi) is 12.5. The minimum absolute atomic E-state index is 0. The van der Waals surface area contributed by atoms with Gasteiger partial charge in [0, 0.05) is 0 Å². The van der Waals surface area contributed by atoms with Gasteiger partial charge < -0.3 is 10.2 Å². The molecule has 0 amide bonds. The van der Waals surface area contributed by atoms with E-state index in [4.69, 9.17) is 0 Å². The first-order valence-electron chi connectivity index (χ1n) is 7.58. The predicted octanol–water partition coefficient (Wildman–Crippen LogP) is 1.91. The van der Waals surface area contributed by atoms with Gasteiger partial charge in [0.05, 0.1) is 5.92 Å². The van der Waals surface area contributed by atoms with Crippen molar-refractivity contribution in [3.8, 4) is 0 Å². The van der Waals surface area contributed by atoms with Gasteiger partial charge >= 0.3 is 41.5 Å². The molecule has 0 rings (SSSR count). The summed E-state index contributed by atoms with van der Waals surface area (Å²) in [7, 11) is -5.07. The second kappa shape index (κ2) is 11.4. The van der Waals surface area contributed by atoms with Crippen LogP contribution in [0.4, 0.5) is 0 Å². The van der Waals surface area contributed by atoms with E-state index in [2.05, 4.69) is 0 Å². The molecule has 2 atom stereocenters. The van der Waals surface area contributed by atoms with Gasteiger partial charge in [0.2, 0.25) is 4.75 Å². The van der Waals surface area contributed by atoms with Gasteiger partial charge in [-0.15, -0.1) is 0 Å². The standard InChI is InChI=1S/C14H26O7S.Na.H/c1-3-5-7-9-11(12(15)16)14(13(17)18,22(19,20)21)10-8-6-4-2;;/h11H,3-10H2,1-2H3,(H,15,16)(H,17,18)(H,19,20,21);;. The molecule has 0 fully saturated rings. The second-order valence-electron chi connectivity index (χ2n) is 5.51. The van der Waals surface area contributed by atoms with Crippen LogP contribution < -0.4 is 0 Å². The molecule has 7 nitrogen and oxygen atoms in total. The molecule has 2 unspecified atom stereocenters. The molecule has 0 aromatic rings. The fourth-order valence-electron chi connectivity index (χ4n) is 2.64. The zero-order chi connectivity index (χ0) is 17.4. The van der Waals surface area contributed by atoms with Crippen molar-refractivity contribution in [2.24, 2.45) is 5.92 Å². The first kappa shape index (κ1) is 25.1. The molecule has 0 spiro atoms. The summed E-state index contributed by atoms with van der Waals surface area (Å²) in [6, 6.07) is 0. The molecule has 0 saturated heterocycles. The summed E-state index contributed by atoms with van der Waals surface area (Å²) in [5.74, 6) is -4.97. The van der Waals surface area contributed by atoms with Gasteiger partial charge in [0.15, 0.2) is 0 Å². The topological polar surface area (TPSA) is 129 Å². The van der Waals surface area contributed by atoms with E-state index in [1.165, 1.54) is 0 Å². The number of carbonyl (C=O) groups is 2. The van der Waals surface area contributed by atoms with Crippen molar-refractivity contribution >= 4 is 51.6 Å². The van der Waals surface area contributed by atoms with Crippen molar-refractivity contribution in [3.63, 3.8) is 0 Å². The number of carboxylic acid groups (broad SMARTS) is 2. The van der Waals surface area contributed by atoms with Gasteiger partial charge in [0.1, 0.15) is 0 Å². The number of aliphatic carboxylic acids is 2. The average Bonchev–Trinajstić information content (AvgIpc) is 2.38. The van der Waals surface area contributed by atoms with Gasteiger partial charge in [0.25, 0.3) is 10.1 Å². The maximum absolute atomic E-state index is 11.8. The van der Waals surface area contributed by atoms with Crippen LogP contribution in [0.25, 0.3) is 0 Å². The average molecular weight is 362 g/mol. The summed E-state index contributed by atoms with van der Waals surface area (Å²) in [6.45, 7) is 3.75. The summed E-state index contributed by atoms with van der Waals surface area (Å²) in [4.78, 5) is 23.1. The van der Waals surface area contributed by atoms with Gasteiger partial charge in [-0.05, 0) is 12.8 Å². The Labute approximate surface area is 159 Å². The monoisotopic (exact) mass is 362 g/mol. The Hall–Kier alpha value is -0.150. The van der Waals surface area contributed by atoms with E-state index in [9.17, 15) is 32.8 Å². The third-order valence-electron chi connectivity index (χ3n) is 3.93. The third kappa shape index (κ3) is 6.70. The van der Waals surface area contributed by atoms with Crippen molar-refractivity contribution in [1.29, 1.82) is 0 Å². The van der Waals surface area contributed by atoms with Crippen molar-refractivity contribution in [2.45, 2.75) is 70.0 Å². The maximum atomic E-state index is 11.8. The van der Waals surface area contributed by atoms with E-state index in [-0.39, 0.29) is 42.4 Å². The Bertz CT molecular complexity index is 478. The first-order valence-corrected chi connectivity index (χ1v) is 9.02. The van der Waals surface area contributed by atoms with Crippen LogP contribution in [-0.4, -0.2) is 69.4 Å². The fraction of sp³-hybridized carbons (Fsp3) is 0.857. The van der Waals surface area contributed by atoms with E-state index in [0.717, 1.165) is 12.8 Å². The number of hydrogen-bond acceptors (Lipinski definition) is 4. The van der Waals surface area contributed by atoms with E-state index in [1.54, 1.807) is 0 Å². The number of unbranched alkanes of at least 4 members (excludes halogenated alkanes) is 4. The van der Waals surface area contributed by atoms with E-state index in [0.29, 0.717) is 19.3 Å². The van der Waals surface area contributed by atoms with E-state index < -0.39 is 39.1 Å². The van der Waals surface area contributed by atoms with Gasteiger partial charge in [-0.1, -0.05) is 52.4 Å². The van der Waals surface area contributed by atoms with Crippen LogP contribution in [0.2, 0.25) is 0 Å². The molecule has 23 heavy (non-hydrogen) atoms. The molecular formula is C14H27NaO7S. The molecule has 0 aliphatic rings. The molecule has 132 valence electrons. The molecule has 0 heterocycles. The van der Waals surface area contributed by atoms with E-state index in [1.807, 2.05) is 13.8 Å². The Balaban J connectivity index is 0. The van der Waals surface area contributed by atoms with Crippen LogP contribution in [0.5, 0.6) is 0 Å². The summed E-state index contributed by atoms with van der Waals surface area (Å²) in [5, 5.41) is 18.8. The number of hydrogen-bond donors (Lipinski definition) is 3. The molecule has 9 heteroatoms. The molecule has 0 saturated carbocycles. The van der Waals surface area contributed by atoms with Crippen LogP contribution in [0, 0.1) is 5.92 Å². The van der Waals surface area contributed by atoms with Gasteiger partial charge in [-0.25, -0.2) is 0 Å². The summed E-state index contributed by atoms with van der Waals surface area (Å²) < 4.78 is 30.4. The summed E-state index contributed by atoms with van der Waals surface area (Å²) >= 11 is 0. The van der Waals surface area contributed by atoms with Crippen LogP contribution >= 0.6 is 0 Å². The summed E-state index contributed by atoms with van der Waals surface area (Å²) in [6.07, 6.45) is 2.85. The molecule has 0 aromatic heterocycles. The first-order chi connectivity index (χ1) is 10.1. The van der Waals surface area contributed by atoms with Crippen molar-refractivity contribution in [3.05, 3.63) is 0 Å². The van der Waals surface area contributed by atoms with Crippen LogP contribution in [-0.2, 0) is 19.7 Å². The van der Waals surface area contributed by atoms with Crippen molar-refractivity contribution in [2.75, 3.05) is 0 Å². The second-order valence-corrected chi connectivity index (χ2v) is 7.19. The minimum atomic E-state index is -5.07.